The van der Waals surface area contributed by atoms with Crippen molar-refractivity contribution in [3.05, 3.63) is 21.7 Å². The number of aryl methyl sites for hydroxylation is 1. The van der Waals surface area contributed by atoms with Gasteiger partial charge in [-0.15, -0.1) is 11.3 Å². The lowest BCUT2D eigenvalue weighted by atomic mass is 10.7. The molecule has 0 aliphatic heterocycles. The van der Waals surface area contributed by atoms with E-state index in [2.05, 4.69) is 14.7 Å². The highest BCUT2D eigenvalue weighted by molar-refractivity contribution is 7.94. The fraction of sp³-hybridized carbons (Fsp3) is 0.143. The number of hydrogen-bond donors (Lipinski definition) is 1. The maximum atomic E-state index is 11.8. The van der Waals surface area contributed by atoms with Crippen molar-refractivity contribution in [1.82, 2.24) is 9.97 Å². The molecule has 0 unspecified atom stereocenters. The minimum Gasteiger partial charge on any atom is -0.254 e. The van der Waals surface area contributed by atoms with Crippen LogP contribution in [0.25, 0.3) is 0 Å². The summed E-state index contributed by atoms with van der Waals surface area (Å²) in [7, 11) is -3.61. The van der Waals surface area contributed by atoms with Gasteiger partial charge in [-0.05, 0) is 6.92 Å². The lowest BCUT2D eigenvalue weighted by Crippen LogP contribution is -2.11. The summed E-state index contributed by atoms with van der Waals surface area (Å²) < 4.78 is 26.2. The van der Waals surface area contributed by atoms with Crippen LogP contribution in [0.5, 0.6) is 0 Å². The van der Waals surface area contributed by atoms with E-state index in [0.29, 0.717) is 5.13 Å². The number of rotatable bonds is 3. The number of aromatic nitrogens is 2. The highest BCUT2D eigenvalue weighted by atomic mass is 35.5. The zero-order valence-electron chi connectivity index (χ0n) is 7.97. The van der Waals surface area contributed by atoms with Gasteiger partial charge in [-0.2, -0.15) is 0 Å². The second kappa shape index (κ2) is 4.28. The van der Waals surface area contributed by atoms with Gasteiger partial charge < -0.3 is 0 Å². The third-order valence-electron chi connectivity index (χ3n) is 1.56. The van der Waals surface area contributed by atoms with Crippen LogP contribution < -0.4 is 4.72 Å². The van der Waals surface area contributed by atoms with Gasteiger partial charge in [-0.1, -0.05) is 22.9 Å². The summed E-state index contributed by atoms with van der Waals surface area (Å²) in [5.74, 6) is 0. The van der Waals surface area contributed by atoms with E-state index in [-0.39, 0.29) is 8.68 Å². The molecule has 0 saturated carbocycles. The number of nitrogens with zero attached hydrogens (tertiary/aromatic N) is 2. The van der Waals surface area contributed by atoms with E-state index in [9.17, 15) is 8.42 Å². The van der Waals surface area contributed by atoms with Crippen LogP contribution >= 0.6 is 34.3 Å². The summed E-state index contributed by atoms with van der Waals surface area (Å²) in [5, 5.41) is 0.335. The van der Waals surface area contributed by atoms with Crippen molar-refractivity contribution in [3.8, 4) is 0 Å². The monoisotopic (exact) mass is 295 g/mol. The average Bonchev–Trinajstić information content (AvgIpc) is 2.75. The summed E-state index contributed by atoms with van der Waals surface area (Å²) in [5.41, 5.74) is 0. The Morgan fingerprint density at radius 1 is 1.31 bits per heavy atom. The van der Waals surface area contributed by atoms with Crippen LogP contribution in [0.15, 0.2) is 16.6 Å². The van der Waals surface area contributed by atoms with Gasteiger partial charge in [0.05, 0.1) is 6.20 Å². The van der Waals surface area contributed by atoms with Crippen LogP contribution in [0, 0.1) is 6.92 Å². The first-order valence-corrected chi connectivity index (χ1v) is 7.53. The van der Waals surface area contributed by atoms with Gasteiger partial charge in [0, 0.05) is 11.1 Å². The second-order valence-corrected chi connectivity index (χ2v) is 7.57. The Morgan fingerprint density at radius 3 is 2.56 bits per heavy atom. The lowest BCUT2D eigenvalue weighted by Gasteiger charge is -2.00. The van der Waals surface area contributed by atoms with E-state index in [4.69, 9.17) is 11.6 Å². The molecule has 0 aliphatic rings. The van der Waals surface area contributed by atoms with E-state index in [1.54, 1.807) is 6.20 Å². The molecular formula is C7H6ClN3O2S3. The Hall–Kier alpha value is -0.700. The first-order valence-electron chi connectivity index (χ1n) is 4.04. The molecule has 0 aromatic carbocycles. The van der Waals surface area contributed by atoms with E-state index in [1.807, 2.05) is 6.92 Å². The van der Waals surface area contributed by atoms with Gasteiger partial charge in [-0.25, -0.2) is 18.4 Å². The van der Waals surface area contributed by atoms with Crippen LogP contribution in [0.1, 0.15) is 4.88 Å². The molecule has 0 bridgehead atoms. The molecule has 0 fully saturated rings. The van der Waals surface area contributed by atoms with Crippen molar-refractivity contribution in [2.45, 2.75) is 11.1 Å². The van der Waals surface area contributed by atoms with Crippen molar-refractivity contribution in [3.63, 3.8) is 0 Å². The van der Waals surface area contributed by atoms with Crippen LogP contribution in [0.2, 0.25) is 4.47 Å². The third-order valence-corrected chi connectivity index (χ3v) is 5.44. The predicted octanol–water partition coefficient (Wildman–Crippen LogP) is 2.36. The summed E-state index contributed by atoms with van der Waals surface area (Å²) in [6.45, 7) is 1.85. The van der Waals surface area contributed by atoms with E-state index in [1.165, 1.54) is 17.5 Å². The van der Waals surface area contributed by atoms with E-state index < -0.39 is 10.0 Å². The van der Waals surface area contributed by atoms with Crippen LogP contribution in [0.4, 0.5) is 5.13 Å². The minimum atomic E-state index is -3.61. The number of thiazole rings is 2. The standard InChI is InChI=1S/C7H6ClN3O2S3/c1-4-2-10-7(14-4)11-16(12,13)5-3-9-6(8)15-5/h2-3H,1H3,(H,10,11). The summed E-state index contributed by atoms with van der Waals surface area (Å²) in [6.07, 6.45) is 2.82. The summed E-state index contributed by atoms with van der Waals surface area (Å²) >= 11 is 7.74. The van der Waals surface area contributed by atoms with Gasteiger partial charge in [-0.3, -0.25) is 4.72 Å². The molecule has 0 aliphatic carbocycles. The van der Waals surface area contributed by atoms with Crippen molar-refractivity contribution in [1.29, 1.82) is 0 Å². The molecule has 9 heteroatoms. The van der Waals surface area contributed by atoms with Gasteiger partial charge in [0.15, 0.2) is 13.8 Å². The maximum Gasteiger partial charge on any atom is 0.274 e. The number of anilines is 1. The fourth-order valence-corrected chi connectivity index (χ4v) is 4.13. The number of hydrogen-bond acceptors (Lipinski definition) is 6. The van der Waals surface area contributed by atoms with Gasteiger partial charge in [0.25, 0.3) is 10.0 Å². The predicted molar refractivity (Wildman–Crippen MR) is 64.8 cm³/mol. The molecule has 0 radical (unpaired) electrons. The van der Waals surface area contributed by atoms with E-state index >= 15 is 0 Å². The second-order valence-electron chi connectivity index (χ2n) is 2.81. The van der Waals surface area contributed by atoms with Crippen LogP contribution in [-0.4, -0.2) is 18.4 Å². The largest absolute Gasteiger partial charge is 0.274 e. The zero-order valence-corrected chi connectivity index (χ0v) is 11.2. The first-order chi connectivity index (χ1) is 7.47. The van der Waals surface area contributed by atoms with Crippen molar-refractivity contribution >= 4 is 49.4 Å². The smallest absolute Gasteiger partial charge is 0.254 e. The minimum absolute atomic E-state index is 0.0744. The van der Waals surface area contributed by atoms with Gasteiger partial charge in [0.2, 0.25) is 0 Å². The van der Waals surface area contributed by atoms with Crippen molar-refractivity contribution < 1.29 is 8.42 Å². The molecule has 0 spiro atoms. The molecule has 0 saturated heterocycles. The molecule has 86 valence electrons. The highest BCUT2D eigenvalue weighted by Gasteiger charge is 2.18. The first kappa shape index (κ1) is 11.8. The Labute approximate surface area is 105 Å². The molecule has 2 rings (SSSR count). The normalized spacial score (nSPS) is 11.6. The maximum absolute atomic E-state index is 11.8. The fourth-order valence-electron chi connectivity index (χ4n) is 0.931. The lowest BCUT2D eigenvalue weighted by molar-refractivity contribution is 0.603. The van der Waals surface area contributed by atoms with Gasteiger partial charge in [0.1, 0.15) is 0 Å². The molecular weight excluding hydrogens is 290 g/mol. The number of halogens is 1. The summed E-state index contributed by atoms with van der Waals surface area (Å²) in [4.78, 5) is 8.52. The average molecular weight is 296 g/mol. The molecule has 2 heterocycles. The number of sulfonamides is 1. The molecule has 16 heavy (non-hydrogen) atoms. The molecule has 0 amide bonds. The third kappa shape index (κ3) is 2.51. The molecule has 2 aromatic rings. The van der Waals surface area contributed by atoms with Crippen LogP contribution in [0.3, 0.4) is 0 Å². The molecule has 1 N–H and O–H groups in total. The summed E-state index contributed by atoms with van der Waals surface area (Å²) in [6, 6.07) is 0. The van der Waals surface area contributed by atoms with Crippen molar-refractivity contribution in [2.75, 3.05) is 4.72 Å². The SMILES string of the molecule is Cc1cnc(NS(=O)(=O)c2cnc(Cl)s2)s1. The topological polar surface area (TPSA) is 72.0 Å². The Kier molecular flexibility index (Phi) is 3.15. The Bertz CT molecular complexity index is 604. The molecule has 5 nitrogen and oxygen atoms in total. The van der Waals surface area contributed by atoms with Crippen molar-refractivity contribution in [2.24, 2.45) is 0 Å². The van der Waals surface area contributed by atoms with Crippen LogP contribution in [-0.2, 0) is 10.0 Å². The molecule has 2 aromatic heterocycles. The Morgan fingerprint density at radius 2 is 2.06 bits per heavy atom. The van der Waals surface area contributed by atoms with E-state index in [0.717, 1.165) is 16.2 Å². The number of nitrogens with one attached hydrogen (secondary N) is 1. The Balaban J connectivity index is 2.27. The highest BCUT2D eigenvalue weighted by Crippen LogP contribution is 2.26. The zero-order chi connectivity index (χ0) is 11.8. The molecule has 0 atom stereocenters. The quantitative estimate of drug-likeness (QED) is 0.943. The van der Waals surface area contributed by atoms with Gasteiger partial charge >= 0.3 is 0 Å².